The second-order valence-electron chi connectivity index (χ2n) is 4.11. The van der Waals surface area contributed by atoms with Crippen LogP contribution in [0.4, 0.5) is 5.69 Å². The first-order valence-electron chi connectivity index (χ1n) is 5.60. The molecule has 8 heteroatoms. The molecule has 4 nitrogen and oxygen atoms in total. The second kappa shape index (κ2) is 6.03. The van der Waals surface area contributed by atoms with Crippen LogP contribution >= 0.6 is 38.9 Å². The lowest BCUT2D eigenvalue weighted by molar-refractivity contribution is 0.603. The summed E-state index contributed by atoms with van der Waals surface area (Å²) in [5.74, 6) is 0. The summed E-state index contributed by atoms with van der Waals surface area (Å²) in [5.41, 5.74) is 6.90. The fourth-order valence-electron chi connectivity index (χ4n) is 1.59. The van der Waals surface area contributed by atoms with E-state index in [-0.39, 0.29) is 4.21 Å². The molecule has 0 saturated heterocycles. The molecule has 20 heavy (non-hydrogen) atoms. The first-order chi connectivity index (χ1) is 9.33. The number of aryl methyl sites for hydroxylation is 1. The Morgan fingerprint density at radius 2 is 2.10 bits per heavy atom. The SMILES string of the molecule is Cc1cc(S(=O)(=O)Nc2ccc(Cl)c(Br)c2)sc1CN. The van der Waals surface area contributed by atoms with Crippen LogP contribution in [0.15, 0.2) is 32.9 Å². The smallest absolute Gasteiger partial charge is 0.271 e. The Balaban J connectivity index is 2.32. The van der Waals surface area contributed by atoms with Gasteiger partial charge >= 0.3 is 0 Å². The van der Waals surface area contributed by atoms with Gasteiger partial charge in [-0.05, 0) is 52.7 Å². The fourth-order valence-corrected chi connectivity index (χ4v) is 4.60. The normalized spacial score (nSPS) is 11.6. The molecule has 0 fully saturated rings. The number of hydrogen-bond acceptors (Lipinski definition) is 4. The van der Waals surface area contributed by atoms with E-state index in [1.807, 2.05) is 6.92 Å². The minimum atomic E-state index is -3.61. The number of sulfonamides is 1. The number of halogens is 2. The van der Waals surface area contributed by atoms with Crippen molar-refractivity contribution in [3.63, 3.8) is 0 Å². The van der Waals surface area contributed by atoms with Gasteiger partial charge in [0.1, 0.15) is 4.21 Å². The average Bonchev–Trinajstić information content (AvgIpc) is 2.76. The molecule has 1 aromatic carbocycles. The van der Waals surface area contributed by atoms with Crippen molar-refractivity contribution in [1.29, 1.82) is 0 Å². The maximum atomic E-state index is 12.3. The van der Waals surface area contributed by atoms with Crippen LogP contribution in [0.25, 0.3) is 0 Å². The summed E-state index contributed by atoms with van der Waals surface area (Å²) in [7, 11) is -3.61. The molecule has 0 aliphatic rings. The number of rotatable bonds is 4. The van der Waals surface area contributed by atoms with Gasteiger partial charge in [-0.25, -0.2) is 8.42 Å². The Morgan fingerprint density at radius 1 is 1.40 bits per heavy atom. The molecule has 0 radical (unpaired) electrons. The predicted molar refractivity (Wildman–Crippen MR) is 86.9 cm³/mol. The highest BCUT2D eigenvalue weighted by atomic mass is 79.9. The van der Waals surface area contributed by atoms with Gasteiger partial charge in [-0.15, -0.1) is 11.3 Å². The third-order valence-corrected chi connectivity index (χ3v) is 6.95. The first kappa shape index (κ1) is 15.8. The van der Waals surface area contributed by atoms with Gasteiger partial charge in [0.05, 0.1) is 10.7 Å². The summed E-state index contributed by atoms with van der Waals surface area (Å²) in [6, 6.07) is 6.47. The minimum absolute atomic E-state index is 0.251. The molecule has 3 N–H and O–H groups in total. The Bertz CT molecular complexity index is 744. The summed E-state index contributed by atoms with van der Waals surface area (Å²) in [6.45, 7) is 2.18. The third-order valence-electron chi connectivity index (χ3n) is 2.62. The fraction of sp³-hybridized carbons (Fsp3) is 0.167. The highest BCUT2D eigenvalue weighted by Crippen LogP contribution is 2.30. The van der Waals surface area contributed by atoms with Crippen LogP contribution in [0.2, 0.25) is 5.02 Å². The van der Waals surface area contributed by atoms with Crippen LogP contribution in [0.5, 0.6) is 0 Å². The van der Waals surface area contributed by atoms with E-state index in [1.54, 1.807) is 24.3 Å². The largest absolute Gasteiger partial charge is 0.326 e. The molecule has 0 atom stereocenters. The van der Waals surface area contributed by atoms with Crippen molar-refractivity contribution in [2.24, 2.45) is 5.73 Å². The van der Waals surface area contributed by atoms with E-state index in [0.29, 0.717) is 21.7 Å². The van der Waals surface area contributed by atoms with Gasteiger partial charge in [0.15, 0.2) is 0 Å². The lowest BCUT2D eigenvalue weighted by Crippen LogP contribution is -2.11. The van der Waals surface area contributed by atoms with E-state index in [9.17, 15) is 8.42 Å². The lowest BCUT2D eigenvalue weighted by atomic mass is 10.3. The van der Waals surface area contributed by atoms with Crippen LogP contribution in [0.3, 0.4) is 0 Å². The average molecular weight is 396 g/mol. The molecule has 2 aromatic rings. The zero-order valence-corrected chi connectivity index (χ0v) is 14.5. The Labute approximate surface area is 135 Å². The zero-order valence-electron chi connectivity index (χ0n) is 10.5. The Kier molecular flexibility index (Phi) is 4.76. The molecule has 1 aromatic heterocycles. The molecule has 1 heterocycles. The zero-order chi connectivity index (χ0) is 14.9. The lowest BCUT2D eigenvalue weighted by Gasteiger charge is -2.07. The van der Waals surface area contributed by atoms with Crippen molar-refractivity contribution in [3.8, 4) is 0 Å². The van der Waals surface area contributed by atoms with Gasteiger partial charge in [0, 0.05) is 15.9 Å². The van der Waals surface area contributed by atoms with E-state index in [4.69, 9.17) is 17.3 Å². The number of nitrogens with two attached hydrogens (primary N) is 1. The van der Waals surface area contributed by atoms with Gasteiger partial charge in [-0.2, -0.15) is 0 Å². The third kappa shape index (κ3) is 3.35. The quantitative estimate of drug-likeness (QED) is 0.828. The molecule has 2 rings (SSSR count). The highest BCUT2D eigenvalue weighted by Gasteiger charge is 2.19. The highest BCUT2D eigenvalue weighted by molar-refractivity contribution is 9.10. The van der Waals surface area contributed by atoms with Crippen LogP contribution in [0, 0.1) is 6.92 Å². The molecular formula is C12H12BrClN2O2S2. The van der Waals surface area contributed by atoms with Gasteiger partial charge in [0.25, 0.3) is 10.0 Å². The molecular weight excluding hydrogens is 384 g/mol. The van der Waals surface area contributed by atoms with Crippen molar-refractivity contribution >= 4 is 54.6 Å². The Morgan fingerprint density at radius 3 is 2.65 bits per heavy atom. The Hall–Kier alpha value is -0.600. The maximum Gasteiger partial charge on any atom is 0.271 e. The van der Waals surface area contributed by atoms with Crippen molar-refractivity contribution < 1.29 is 8.42 Å². The van der Waals surface area contributed by atoms with Crippen molar-refractivity contribution in [2.75, 3.05) is 4.72 Å². The summed E-state index contributed by atoms with van der Waals surface area (Å²) >= 11 is 10.3. The topological polar surface area (TPSA) is 72.2 Å². The number of benzene rings is 1. The number of anilines is 1. The van der Waals surface area contributed by atoms with E-state index < -0.39 is 10.0 Å². The minimum Gasteiger partial charge on any atom is -0.326 e. The maximum absolute atomic E-state index is 12.3. The van der Waals surface area contributed by atoms with E-state index in [1.165, 1.54) is 11.3 Å². The molecule has 0 saturated carbocycles. The molecule has 0 amide bonds. The molecule has 0 aliphatic heterocycles. The van der Waals surface area contributed by atoms with Crippen LogP contribution in [-0.2, 0) is 16.6 Å². The molecule has 0 bridgehead atoms. The predicted octanol–water partition coefficient (Wildman–Crippen LogP) is 3.73. The van der Waals surface area contributed by atoms with Crippen molar-refractivity contribution in [2.45, 2.75) is 17.7 Å². The number of nitrogens with one attached hydrogen (secondary N) is 1. The summed E-state index contributed by atoms with van der Waals surface area (Å²) in [4.78, 5) is 0.864. The van der Waals surface area contributed by atoms with Crippen LogP contribution in [-0.4, -0.2) is 8.42 Å². The van der Waals surface area contributed by atoms with Gasteiger partial charge < -0.3 is 5.73 Å². The van der Waals surface area contributed by atoms with Crippen LogP contribution in [0.1, 0.15) is 10.4 Å². The monoisotopic (exact) mass is 394 g/mol. The van der Waals surface area contributed by atoms with E-state index in [0.717, 1.165) is 10.4 Å². The van der Waals surface area contributed by atoms with Crippen molar-refractivity contribution in [1.82, 2.24) is 0 Å². The van der Waals surface area contributed by atoms with E-state index in [2.05, 4.69) is 20.7 Å². The summed E-state index contributed by atoms with van der Waals surface area (Å²) in [6.07, 6.45) is 0. The van der Waals surface area contributed by atoms with E-state index >= 15 is 0 Å². The first-order valence-corrected chi connectivity index (χ1v) is 9.08. The molecule has 0 aliphatic carbocycles. The number of thiophene rings is 1. The van der Waals surface area contributed by atoms with Gasteiger partial charge in [0.2, 0.25) is 0 Å². The van der Waals surface area contributed by atoms with Gasteiger partial charge in [-0.1, -0.05) is 11.6 Å². The summed E-state index contributed by atoms with van der Waals surface area (Å²) < 4.78 is 28.0. The molecule has 108 valence electrons. The van der Waals surface area contributed by atoms with Crippen molar-refractivity contribution in [3.05, 3.63) is 44.2 Å². The molecule has 0 spiro atoms. The van der Waals surface area contributed by atoms with Crippen LogP contribution < -0.4 is 10.5 Å². The number of hydrogen-bond donors (Lipinski definition) is 2. The van der Waals surface area contributed by atoms with Gasteiger partial charge in [-0.3, -0.25) is 4.72 Å². The molecule has 0 unspecified atom stereocenters. The summed E-state index contributed by atoms with van der Waals surface area (Å²) in [5, 5.41) is 0.519. The second-order valence-corrected chi connectivity index (χ2v) is 8.42. The standard InChI is InChI=1S/C12H12BrClN2O2S2/c1-7-4-12(19-11(7)6-15)20(17,18)16-8-2-3-10(14)9(13)5-8/h2-5,16H,6,15H2,1H3.